The van der Waals surface area contributed by atoms with E-state index in [4.69, 9.17) is 4.74 Å². The van der Waals surface area contributed by atoms with Crippen molar-refractivity contribution in [3.63, 3.8) is 0 Å². The largest absolute Gasteiger partial charge is 0.489 e. The summed E-state index contributed by atoms with van der Waals surface area (Å²) in [5.74, 6) is 0.189. The predicted molar refractivity (Wildman–Crippen MR) is 120 cm³/mol. The predicted octanol–water partition coefficient (Wildman–Crippen LogP) is 3.69. The number of rotatable bonds is 7. The van der Waals surface area contributed by atoms with Crippen LogP contribution in [-0.2, 0) is 14.5 Å². The van der Waals surface area contributed by atoms with Gasteiger partial charge in [0.05, 0.1) is 23.4 Å². The zero-order chi connectivity index (χ0) is 22.6. The van der Waals surface area contributed by atoms with Crippen LogP contribution in [-0.4, -0.2) is 45.7 Å². The number of aryl methyl sites for hydroxylation is 1. The fourth-order valence-corrected chi connectivity index (χ4v) is 3.62. The van der Waals surface area contributed by atoms with Gasteiger partial charge in [-0.25, -0.2) is 18.6 Å². The monoisotopic (exact) mass is 445 g/mol. The normalized spacial score (nSPS) is 11.3. The van der Waals surface area contributed by atoms with Crippen LogP contribution >= 0.6 is 0 Å². The summed E-state index contributed by atoms with van der Waals surface area (Å²) in [7, 11) is -2.31. The Labute approximate surface area is 180 Å². The van der Waals surface area contributed by atoms with Gasteiger partial charge in [0, 0.05) is 40.6 Å². The SMILES string of the molecule is CC(=O)NCCOc1cc(F)ccc1Nc1ncnc2cc(N=S(C)(C)=O)cc(C)c12. The van der Waals surface area contributed by atoms with Gasteiger partial charge >= 0.3 is 0 Å². The van der Waals surface area contributed by atoms with E-state index >= 15 is 0 Å². The van der Waals surface area contributed by atoms with Crippen LogP contribution in [0.25, 0.3) is 10.9 Å². The molecule has 0 aliphatic rings. The van der Waals surface area contributed by atoms with Gasteiger partial charge in [0.25, 0.3) is 0 Å². The standard InChI is InChI=1S/C21H24FN5O3S/c1-13-9-16(27-31(3,4)29)11-18-20(13)21(25-12-24-18)26-17-6-5-15(22)10-19(17)30-8-7-23-14(2)28/h5-6,9-12H,7-8H2,1-4H3,(H,23,28)(H,24,25,26). The summed E-state index contributed by atoms with van der Waals surface area (Å²) in [6, 6.07) is 7.70. The minimum Gasteiger partial charge on any atom is -0.489 e. The van der Waals surface area contributed by atoms with Crippen LogP contribution in [0.4, 0.5) is 21.6 Å². The first-order chi connectivity index (χ1) is 14.6. The van der Waals surface area contributed by atoms with Crippen LogP contribution in [0.2, 0.25) is 0 Å². The Hall–Kier alpha value is -3.27. The summed E-state index contributed by atoms with van der Waals surface area (Å²) in [4.78, 5) is 19.6. The molecular weight excluding hydrogens is 421 g/mol. The average Bonchev–Trinajstić information content (AvgIpc) is 2.65. The smallest absolute Gasteiger partial charge is 0.216 e. The highest BCUT2D eigenvalue weighted by atomic mass is 32.2. The number of anilines is 2. The third-order valence-electron chi connectivity index (χ3n) is 4.18. The molecule has 0 saturated heterocycles. The Balaban J connectivity index is 1.95. The van der Waals surface area contributed by atoms with Gasteiger partial charge in [-0.05, 0) is 36.8 Å². The highest BCUT2D eigenvalue weighted by Crippen LogP contribution is 2.33. The third-order valence-corrected chi connectivity index (χ3v) is 4.83. The van der Waals surface area contributed by atoms with E-state index < -0.39 is 15.5 Å². The first kappa shape index (κ1) is 22.4. The van der Waals surface area contributed by atoms with E-state index in [1.165, 1.54) is 25.4 Å². The molecular formula is C21H24FN5O3S. The van der Waals surface area contributed by atoms with E-state index in [0.717, 1.165) is 10.9 Å². The minimum absolute atomic E-state index is 0.169. The molecule has 1 amide bonds. The Morgan fingerprint density at radius 2 is 2.00 bits per heavy atom. The Kier molecular flexibility index (Phi) is 6.69. The highest BCUT2D eigenvalue weighted by Gasteiger charge is 2.12. The Bertz CT molecular complexity index is 1250. The average molecular weight is 446 g/mol. The van der Waals surface area contributed by atoms with E-state index in [9.17, 15) is 13.4 Å². The van der Waals surface area contributed by atoms with Gasteiger partial charge in [-0.2, -0.15) is 4.36 Å². The van der Waals surface area contributed by atoms with Crippen molar-refractivity contribution in [1.82, 2.24) is 15.3 Å². The number of fused-ring (bicyclic) bond motifs is 1. The van der Waals surface area contributed by atoms with Crippen molar-refractivity contribution < 1.29 is 18.1 Å². The van der Waals surface area contributed by atoms with Crippen molar-refractivity contribution in [3.8, 4) is 5.75 Å². The second-order valence-corrected chi connectivity index (χ2v) is 9.79. The molecule has 10 heteroatoms. The van der Waals surface area contributed by atoms with Gasteiger partial charge in [-0.1, -0.05) is 0 Å². The molecule has 0 radical (unpaired) electrons. The van der Waals surface area contributed by atoms with Crippen LogP contribution in [0.1, 0.15) is 12.5 Å². The number of hydrogen-bond donors (Lipinski definition) is 2. The summed E-state index contributed by atoms with van der Waals surface area (Å²) in [6.07, 6.45) is 4.55. The molecule has 164 valence electrons. The molecule has 0 unspecified atom stereocenters. The molecule has 31 heavy (non-hydrogen) atoms. The molecule has 1 aromatic heterocycles. The fourth-order valence-electron chi connectivity index (χ4n) is 3.01. The molecule has 0 saturated carbocycles. The van der Waals surface area contributed by atoms with E-state index in [0.29, 0.717) is 29.3 Å². The Morgan fingerprint density at radius 3 is 2.71 bits per heavy atom. The number of carbonyl (C=O) groups excluding carboxylic acids is 1. The van der Waals surface area contributed by atoms with Crippen molar-refractivity contribution in [2.45, 2.75) is 13.8 Å². The number of amides is 1. The summed E-state index contributed by atoms with van der Waals surface area (Å²) in [6.45, 7) is 3.78. The first-order valence-electron chi connectivity index (χ1n) is 9.49. The number of nitrogens with zero attached hydrogens (tertiary/aromatic N) is 3. The summed E-state index contributed by atoms with van der Waals surface area (Å²) in [5, 5.41) is 6.57. The summed E-state index contributed by atoms with van der Waals surface area (Å²) >= 11 is 0. The maximum absolute atomic E-state index is 13.8. The van der Waals surface area contributed by atoms with Crippen molar-refractivity contribution >= 4 is 43.7 Å². The molecule has 0 fully saturated rings. The van der Waals surface area contributed by atoms with Crippen molar-refractivity contribution in [3.05, 3.63) is 48.0 Å². The molecule has 3 rings (SSSR count). The maximum Gasteiger partial charge on any atom is 0.216 e. The van der Waals surface area contributed by atoms with Gasteiger partial charge in [0.2, 0.25) is 5.91 Å². The molecule has 8 nitrogen and oxygen atoms in total. The molecule has 1 heterocycles. The lowest BCUT2D eigenvalue weighted by atomic mass is 10.1. The quantitative estimate of drug-likeness (QED) is 0.537. The Morgan fingerprint density at radius 1 is 1.23 bits per heavy atom. The van der Waals surface area contributed by atoms with Crippen LogP contribution in [0.3, 0.4) is 0 Å². The number of benzene rings is 2. The van der Waals surface area contributed by atoms with Gasteiger partial charge < -0.3 is 15.4 Å². The first-order valence-corrected chi connectivity index (χ1v) is 11.8. The molecule has 3 aromatic rings. The number of ether oxygens (including phenoxy) is 1. The molecule has 2 aromatic carbocycles. The van der Waals surface area contributed by atoms with Crippen molar-refractivity contribution in [2.24, 2.45) is 4.36 Å². The third kappa shape index (κ3) is 6.11. The van der Waals surface area contributed by atoms with Gasteiger partial charge in [0.1, 0.15) is 30.3 Å². The van der Waals surface area contributed by atoms with Crippen LogP contribution in [0, 0.1) is 12.7 Å². The van der Waals surface area contributed by atoms with Crippen LogP contribution < -0.4 is 15.4 Å². The molecule has 0 spiro atoms. The fraction of sp³-hybridized carbons (Fsp3) is 0.286. The second-order valence-electron chi connectivity index (χ2n) is 7.25. The molecule has 2 N–H and O–H groups in total. The summed E-state index contributed by atoms with van der Waals surface area (Å²) < 4.78 is 35.7. The van der Waals surface area contributed by atoms with E-state index in [1.54, 1.807) is 24.6 Å². The highest BCUT2D eigenvalue weighted by molar-refractivity contribution is 7.92. The topological polar surface area (TPSA) is 106 Å². The lowest BCUT2D eigenvalue weighted by Crippen LogP contribution is -2.25. The lowest BCUT2D eigenvalue weighted by molar-refractivity contribution is -0.119. The van der Waals surface area contributed by atoms with Gasteiger partial charge in [-0.15, -0.1) is 0 Å². The van der Waals surface area contributed by atoms with E-state index in [-0.39, 0.29) is 18.3 Å². The van der Waals surface area contributed by atoms with Gasteiger partial charge in [0.15, 0.2) is 0 Å². The minimum atomic E-state index is -2.31. The molecule has 0 bridgehead atoms. The van der Waals surface area contributed by atoms with E-state index in [1.807, 2.05) is 13.0 Å². The summed E-state index contributed by atoms with van der Waals surface area (Å²) in [5.41, 5.74) is 2.57. The lowest BCUT2D eigenvalue weighted by Gasteiger charge is -2.15. The maximum atomic E-state index is 13.8. The zero-order valence-corrected chi connectivity index (χ0v) is 18.5. The second kappa shape index (κ2) is 9.25. The molecule has 0 aliphatic carbocycles. The number of hydrogen-bond acceptors (Lipinski definition) is 7. The number of aromatic nitrogens is 2. The van der Waals surface area contributed by atoms with Crippen molar-refractivity contribution in [2.75, 3.05) is 31.0 Å². The number of carbonyl (C=O) groups is 1. The van der Waals surface area contributed by atoms with E-state index in [2.05, 4.69) is 25.0 Å². The van der Waals surface area contributed by atoms with Crippen molar-refractivity contribution in [1.29, 1.82) is 0 Å². The molecule has 0 atom stereocenters. The molecule has 0 aliphatic heterocycles. The van der Waals surface area contributed by atoms with Gasteiger partial charge in [-0.3, -0.25) is 4.79 Å². The van der Waals surface area contributed by atoms with Crippen LogP contribution in [0.15, 0.2) is 41.0 Å². The zero-order valence-electron chi connectivity index (χ0n) is 17.7. The number of halogens is 1. The number of nitrogens with one attached hydrogen (secondary N) is 2. The van der Waals surface area contributed by atoms with Crippen LogP contribution in [0.5, 0.6) is 5.75 Å².